The van der Waals surface area contributed by atoms with Crippen LogP contribution in [0.1, 0.15) is 33.0 Å². The molecule has 1 radical (unpaired) electrons. The summed E-state index contributed by atoms with van der Waals surface area (Å²) in [5.41, 5.74) is 4.05. The Morgan fingerprint density at radius 1 is 1.22 bits per heavy atom. The van der Waals surface area contributed by atoms with Crippen LogP contribution in [0.15, 0.2) is 41.4 Å². The average molecular weight is 463 g/mol. The van der Waals surface area contributed by atoms with Gasteiger partial charge in [0.1, 0.15) is 5.84 Å². The predicted molar refractivity (Wildman–Crippen MR) is 111 cm³/mol. The molecule has 0 fully saturated rings. The summed E-state index contributed by atoms with van der Waals surface area (Å²) in [5.74, 6) is -0.248. The number of benzene rings is 2. The standard InChI is InChI=1S/C20H12BrCl2N2O2/c1-9-4-17-13(6-12(9)18(26)8-21)14-7-15(20(27)25-19(14)24-17)11-3-2-10(22)5-16(11)23/h2-7,14H,8H2,1H3. The first-order valence-corrected chi connectivity index (χ1v) is 10.0. The van der Waals surface area contributed by atoms with Gasteiger partial charge < -0.3 is 0 Å². The van der Waals surface area contributed by atoms with Crippen LogP contribution in [-0.2, 0) is 4.79 Å². The number of alkyl halides is 1. The molecule has 4 nitrogen and oxygen atoms in total. The molecule has 0 saturated carbocycles. The molecule has 4 rings (SSSR count). The second-order valence-corrected chi connectivity index (χ2v) is 7.76. The Labute approximate surface area is 174 Å². The van der Waals surface area contributed by atoms with E-state index in [4.69, 9.17) is 23.2 Å². The molecule has 2 aliphatic heterocycles. The Balaban J connectivity index is 1.83. The Morgan fingerprint density at radius 3 is 2.70 bits per heavy atom. The lowest BCUT2D eigenvalue weighted by Crippen LogP contribution is -2.19. The van der Waals surface area contributed by atoms with Gasteiger partial charge in [0.05, 0.1) is 22.0 Å². The molecule has 1 atom stereocenters. The first-order chi connectivity index (χ1) is 12.9. The Hall–Kier alpha value is -1.95. The van der Waals surface area contributed by atoms with Gasteiger partial charge in [-0.25, -0.2) is 5.32 Å². The molecule has 1 amide bonds. The Kier molecular flexibility index (Phi) is 4.70. The number of aliphatic imine (C=N–C) groups is 1. The number of rotatable bonds is 3. The van der Waals surface area contributed by atoms with Crippen molar-refractivity contribution in [2.24, 2.45) is 4.99 Å². The third-order valence-corrected chi connectivity index (χ3v) is 5.70. The molecule has 2 aliphatic rings. The van der Waals surface area contributed by atoms with Crippen LogP contribution in [-0.4, -0.2) is 22.9 Å². The largest absolute Gasteiger partial charge is 0.293 e. The molecule has 0 N–H and O–H groups in total. The monoisotopic (exact) mass is 461 g/mol. The van der Waals surface area contributed by atoms with Crippen molar-refractivity contribution in [2.75, 3.05) is 5.33 Å². The lowest BCUT2D eigenvalue weighted by atomic mass is 9.90. The van der Waals surface area contributed by atoms with Crippen molar-refractivity contribution >= 4 is 67.9 Å². The third-order valence-electron chi connectivity index (χ3n) is 4.64. The first kappa shape index (κ1) is 18.4. The van der Waals surface area contributed by atoms with Crippen molar-refractivity contribution in [1.29, 1.82) is 0 Å². The van der Waals surface area contributed by atoms with Gasteiger partial charge in [-0.2, -0.15) is 4.99 Å². The van der Waals surface area contributed by atoms with Gasteiger partial charge in [0.2, 0.25) is 0 Å². The summed E-state index contributed by atoms with van der Waals surface area (Å²) >= 11 is 15.5. The van der Waals surface area contributed by atoms with Gasteiger partial charge in [-0.3, -0.25) is 9.59 Å². The fraction of sp³-hybridized carbons (Fsp3) is 0.150. The number of hydrogen-bond acceptors (Lipinski definition) is 2. The fourth-order valence-electron chi connectivity index (χ4n) is 3.33. The van der Waals surface area contributed by atoms with Crippen LogP contribution in [0.25, 0.3) is 5.57 Å². The quantitative estimate of drug-likeness (QED) is 0.462. The molecule has 0 spiro atoms. The molecule has 135 valence electrons. The molecular formula is C20H12BrCl2N2O2. The van der Waals surface area contributed by atoms with Gasteiger partial charge in [0.25, 0.3) is 5.91 Å². The highest BCUT2D eigenvalue weighted by atomic mass is 79.9. The van der Waals surface area contributed by atoms with Gasteiger partial charge >= 0.3 is 0 Å². The van der Waals surface area contributed by atoms with E-state index in [1.165, 1.54) is 0 Å². The number of ketones is 1. The van der Waals surface area contributed by atoms with Crippen molar-refractivity contribution in [1.82, 2.24) is 5.32 Å². The third kappa shape index (κ3) is 3.14. The smallest absolute Gasteiger partial charge is 0.279 e. The highest BCUT2D eigenvalue weighted by Crippen LogP contribution is 2.41. The zero-order valence-electron chi connectivity index (χ0n) is 14.1. The van der Waals surface area contributed by atoms with E-state index in [1.54, 1.807) is 18.2 Å². The fourth-order valence-corrected chi connectivity index (χ4v) is 4.15. The molecule has 0 aliphatic carbocycles. The molecule has 2 aromatic carbocycles. The number of Topliss-reactive ketones (excluding diaryl/α,β-unsaturated/α-hetero) is 1. The lowest BCUT2D eigenvalue weighted by molar-refractivity contribution is -0.112. The lowest BCUT2D eigenvalue weighted by Gasteiger charge is -2.16. The van der Waals surface area contributed by atoms with Crippen LogP contribution in [0, 0.1) is 6.92 Å². The number of dihydropyridines is 1. The van der Waals surface area contributed by atoms with Crippen LogP contribution < -0.4 is 5.32 Å². The second kappa shape index (κ2) is 6.89. The summed E-state index contributed by atoms with van der Waals surface area (Å²) in [6.45, 7) is 1.87. The number of fused-ring (bicyclic) bond motifs is 3. The predicted octanol–water partition coefficient (Wildman–Crippen LogP) is 5.23. The van der Waals surface area contributed by atoms with E-state index in [0.29, 0.717) is 32.6 Å². The number of amides is 1. The van der Waals surface area contributed by atoms with E-state index in [2.05, 4.69) is 26.2 Å². The topological polar surface area (TPSA) is 60.6 Å². The molecule has 2 heterocycles. The maximum Gasteiger partial charge on any atom is 0.279 e. The maximum atomic E-state index is 12.5. The minimum Gasteiger partial charge on any atom is -0.293 e. The summed E-state index contributed by atoms with van der Waals surface area (Å²) < 4.78 is 0. The minimum absolute atomic E-state index is 0.00229. The normalized spacial score (nSPS) is 17.6. The number of amidine groups is 1. The molecule has 2 aromatic rings. The summed E-state index contributed by atoms with van der Waals surface area (Å²) in [6.07, 6.45) is 1.81. The number of carbonyl (C=O) groups is 2. The molecule has 0 saturated heterocycles. The van der Waals surface area contributed by atoms with E-state index in [-0.39, 0.29) is 17.0 Å². The van der Waals surface area contributed by atoms with E-state index in [0.717, 1.165) is 16.8 Å². The minimum atomic E-state index is -0.393. The Bertz CT molecular complexity index is 1080. The number of halogens is 3. The van der Waals surface area contributed by atoms with E-state index in [9.17, 15) is 9.59 Å². The molecule has 7 heteroatoms. The molecule has 27 heavy (non-hydrogen) atoms. The number of hydrogen-bond donors (Lipinski definition) is 0. The summed E-state index contributed by atoms with van der Waals surface area (Å²) in [4.78, 5) is 28.9. The number of nitrogens with zero attached hydrogens (tertiary/aromatic N) is 2. The highest BCUT2D eigenvalue weighted by molar-refractivity contribution is 9.09. The van der Waals surface area contributed by atoms with E-state index < -0.39 is 5.91 Å². The summed E-state index contributed by atoms with van der Waals surface area (Å²) in [5, 5.41) is 5.60. The maximum absolute atomic E-state index is 12.5. The molecule has 0 aromatic heterocycles. The van der Waals surface area contributed by atoms with Crippen LogP contribution >= 0.6 is 39.1 Å². The first-order valence-electron chi connectivity index (χ1n) is 8.14. The van der Waals surface area contributed by atoms with Crippen LogP contribution in [0.4, 0.5) is 5.69 Å². The SMILES string of the molecule is Cc1cc2c(cc1C(=O)CBr)C1C=C(c3ccc(Cl)cc3Cl)C(=O)N=C1[N]2. The van der Waals surface area contributed by atoms with Crippen molar-refractivity contribution in [3.63, 3.8) is 0 Å². The molecular weight excluding hydrogens is 451 g/mol. The van der Waals surface area contributed by atoms with Crippen LogP contribution in [0.2, 0.25) is 10.0 Å². The van der Waals surface area contributed by atoms with E-state index >= 15 is 0 Å². The number of aryl methyl sites for hydroxylation is 1. The van der Waals surface area contributed by atoms with Crippen LogP contribution in [0.5, 0.6) is 0 Å². The van der Waals surface area contributed by atoms with Crippen molar-refractivity contribution < 1.29 is 9.59 Å². The zero-order chi connectivity index (χ0) is 19.3. The van der Waals surface area contributed by atoms with Gasteiger partial charge in [-0.05, 0) is 42.3 Å². The van der Waals surface area contributed by atoms with E-state index in [1.807, 2.05) is 25.1 Å². The zero-order valence-corrected chi connectivity index (χ0v) is 17.2. The van der Waals surface area contributed by atoms with Gasteiger partial charge in [0.15, 0.2) is 5.78 Å². The summed E-state index contributed by atoms with van der Waals surface area (Å²) in [7, 11) is 0. The number of carbonyl (C=O) groups excluding carboxylic acids is 2. The second-order valence-electron chi connectivity index (χ2n) is 6.35. The highest BCUT2D eigenvalue weighted by Gasteiger charge is 2.35. The van der Waals surface area contributed by atoms with Crippen molar-refractivity contribution in [3.05, 3.63) is 68.7 Å². The van der Waals surface area contributed by atoms with Crippen molar-refractivity contribution in [3.8, 4) is 0 Å². The average Bonchev–Trinajstić information content (AvgIpc) is 2.96. The molecule has 1 unspecified atom stereocenters. The van der Waals surface area contributed by atoms with Crippen molar-refractivity contribution in [2.45, 2.75) is 12.8 Å². The summed E-state index contributed by atoms with van der Waals surface area (Å²) in [6, 6.07) is 8.68. The van der Waals surface area contributed by atoms with Crippen LogP contribution in [0.3, 0.4) is 0 Å². The molecule has 0 bridgehead atoms. The Morgan fingerprint density at radius 2 is 2.00 bits per heavy atom. The van der Waals surface area contributed by atoms with Gasteiger partial charge in [-0.1, -0.05) is 51.3 Å². The van der Waals surface area contributed by atoms with Gasteiger partial charge in [-0.15, -0.1) is 0 Å². The van der Waals surface area contributed by atoms with Gasteiger partial charge in [0, 0.05) is 21.7 Å².